The van der Waals surface area contributed by atoms with Gasteiger partial charge in [-0.1, -0.05) is 6.07 Å². The highest BCUT2D eigenvalue weighted by atomic mass is 19.4. The molecule has 2 saturated heterocycles. The van der Waals surface area contributed by atoms with Gasteiger partial charge in [0, 0.05) is 37.2 Å². The van der Waals surface area contributed by atoms with Crippen LogP contribution in [0.3, 0.4) is 0 Å². The van der Waals surface area contributed by atoms with Crippen molar-refractivity contribution in [1.82, 2.24) is 9.80 Å². The van der Waals surface area contributed by atoms with E-state index in [1.54, 1.807) is 0 Å². The van der Waals surface area contributed by atoms with Gasteiger partial charge in [-0.15, -0.1) is 0 Å². The summed E-state index contributed by atoms with van der Waals surface area (Å²) in [4.78, 5) is 14.4. The van der Waals surface area contributed by atoms with Crippen molar-refractivity contribution in [3.8, 4) is 0 Å². The standard InChI is InChI=1S/C16H18F4N2O2/c17-13-7-12(16(18,19)20)2-1-11(13)8-21-5-3-15(9-21)4-6-22(10-15)14(23)24/h1-2,7H,3-6,8-10H2,(H,23,24). The zero-order chi connectivity index (χ0) is 17.5. The highest BCUT2D eigenvalue weighted by molar-refractivity contribution is 5.65. The minimum absolute atomic E-state index is 0.110. The van der Waals surface area contributed by atoms with Crippen molar-refractivity contribution < 1.29 is 27.5 Å². The summed E-state index contributed by atoms with van der Waals surface area (Å²) in [6.07, 6.45) is -3.90. The molecule has 132 valence electrons. The molecule has 0 radical (unpaired) electrons. The van der Waals surface area contributed by atoms with E-state index in [-0.39, 0.29) is 17.5 Å². The van der Waals surface area contributed by atoms with Crippen LogP contribution in [-0.4, -0.2) is 47.2 Å². The number of benzene rings is 1. The number of nitrogens with zero attached hydrogens (tertiary/aromatic N) is 2. The third-order valence-corrected chi connectivity index (χ3v) is 5.00. The zero-order valence-electron chi connectivity index (χ0n) is 12.9. The van der Waals surface area contributed by atoms with Gasteiger partial charge in [-0.2, -0.15) is 13.2 Å². The Morgan fingerprint density at radius 1 is 1.21 bits per heavy atom. The number of amides is 1. The molecule has 2 fully saturated rings. The van der Waals surface area contributed by atoms with E-state index in [1.165, 1.54) is 11.0 Å². The molecule has 1 N–H and O–H groups in total. The Morgan fingerprint density at radius 2 is 1.92 bits per heavy atom. The first-order chi connectivity index (χ1) is 11.2. The largest absolute Gasteiger partial charge is 0.465 e. The van der Waals surface area contributed by atoms with Gasteiger partial charge in [0.2, 0.25) is 0 Å². The molecular formula is C16H18F4N2O2. The summed E-state index contributed by atoms with van der Waals surface area (Å²) < 4.78 is 51.7. The van der Waals surface area contributed by atoms with Gasteiger partial charge in [0.05, 0.1) is 5.56 Å². The van der Waals surface area contributed by atoms with Crippen LogP contribution in [0.5, 0.6) is 0 Å². The highest BCUT2D eigenvalue weighted by Gasteiger charge is 2.44. The molecule has 1 unspecified atom stereocenters. The summed E-state index contributed by atoms with van der Waals surface area (Å²) in [5.74, 6) is -0.857. The van der Waals surface area contributed by atoms with Gasteiger partial charge in [0.25, 0.3) is 0 Å². The number of carbonyl (C=O) groups is 1. The summed E-state index contributed by atoms with van der Waals surface area (Å²) in [5, 5.41) is 9.06. The summed E-state index contributed by atoms with van der Waals surface area (Å²) in [5.41, 5.74) is -0.872. The average molecular weight is 346 g/mol. The molecule has 1 spiro atoms. The minimum atomic E-state index is -4.55. The third kappa shape index (κ3) is 3.33. The molecule has 8 heteroatoms. The molecule has 2 aliphatic rings. The van der Waals surface area contributed by atoms with Gasteiger partial charge in [-0.3, -0.25) is 4.90 Å². The monoisotopic (exact) mass is 346 g/mol. The predicted octanol–water partition coefficient (Wildman–Crippen LogP) is 3.42. The van der Waals surface area contributed by atoms with E-state index in [1.807, 2.05) is 4.90 Å². The lowest BCUT2D eigenvalue weighted by Crippen LogP contribution is -2.33. The fourth-order valence-electron chi connectivity index (χ4n) is 3.69. The number of hydrogen-bond acceptors (Lipinski definition) is 2. The maximum absolute atomic E-state index is 14.0. The molecule has 0 aromatic heterocycles. The van der Waals surface area contributed by atoms with Crippen molar-refractivity contribution in [1.29, 1.82) is 0 Å². The number of halogens is 4. The summed E-state index contributed by atoms with van der Waals surface area (Å²) in [6.45, 7) is 2.52. The van der Waals surface area contributed by atoms with E-state index in [9.17, 15) is 22.4 Å². The summed E-state index contributed by atoms with van der Waals surface area (Å²) in [6, 6.07) is 2.61. The van der Waals surface area contributed by atoms with Crippen LogP contribution < -0.4 is 0 Å². The number of hydrogen-bond donors (Lipinski definition) is 1. The second-order valence-corrected chi connectivity index (χ2v) is 6.72. The molecule has 1 aromatic rings. The van der Waals surface area contributed by atoms with Crippen molar-refractivity contribution in [2.24, 2.45) is 5.41 Å². The molecule has 24 heavy (non-hydrogen) atoms. The SMILES string of the molecule is O=C(O)N1CCC2(CCN(Cc3ccc(C(F)(F)F)cc3F)C2)C1. The number of alkyl halides is 3. The molecule has 3 rings (SSSR count). The van der Waals surface area contributed by atoms with Crippen LogP contribution in [-0.2, 0) is 12.7 Å². The van der Waals surface area contributed by atoms with Crippen molar-refractivity contribution >= 4 is 6.09 Å². The first-order valence-electron chi connectivity index (χ1n) is 7.74. The van der Waals surface area contributed by atoms with Crippen LogP contribution in [0.25, 0.3) is 0 Å². The Kier molecular flexibility index (Phi) is 4.19. The molecule has 2 aliphatic heterocycles. The lowest BCUT2D eigenvalue weighted by Gasteiger charge is -2.24. The number of rotatable bonds is 2. The van der Waals surface area contributed by atoms with Gasteiger partial charge in [0.15, 0.2) is 0 Å². The molecular weight excluding hydrogens is 328 g/mol. The van der Waals surface area contributed by atoms with Crippen LogP contribution in [0.4, 0.5) is 22.4 Å². The van der Waals surface area contributed by atoms with E-state index in [4.69, 9.17) is 5.11 Å². The van der Waals surface area contributed by atoms with Crippen LogP contribution in [0.1, 0.15) is 24.0 Å². The molecule has 0 saturated carbocycles. The Morgan fingerprint density at radius 3 is 2.50 bits per heavy atom. The first kappa shape index (κ1) is 17.0. The minimum Gasteiger partial charge on any atom is -0.465 e. The quantitative estimate of drug-likeness (QED) is 0.835. The molecule has 2 heterocycles. The molecule has 1 amide bonds. The smallest absolute Gasteiger partial charge is 0.416 e. The van der Waals surface area contributed by atoms with Crippen molar-refractivity contribution in [3.05, 3.63) is 35.1 Å². The van der Waals surface area contributed by atoms with Gasteiger partial charge < -0.3 is 10.0 Å². The van der Waals surface area contributed by atoms with Gasteiger partial charge >= 0.3 is 12.3 Å². The third-order valence-electron chi connectivity index (χ3n) is 5.00. The number of likely N-dealkylation sites (tertiary alicyclic amines) is 2. The van der Waals surface area contributed by atoms with Gasteiger partial charge in [0.1, 0.15) is 5.82 Å². The summed E-state index contributed by atoms with van der Waals surface area (Å²) in [7, 11) is 0. The van der Waals surface area contributed by atoms with Crippen LogP contribution in [0, 0.1) is 11.2 Å². The second kappa shape index (κ2) is 5.91. The number of carboxylic acid groups (broad SMARTS) is 1. The van der Waals surface area contributed by atoms with Crippen LogP contribution in [0.2, 0.25) is 0 Å². The highest BCUT2D eigenvalue weighted by Crippen LogP contribution is 2.40. The van der Waals surface area contributed by atoms with Gasteiger partial charge in [-0.05, 0) is 31.5 Å². The van der Waals surface area contributed by atoms with Gasteiger partial charge in [-0.25, -0.2) is 9.18 Å². The predicted molar refractivity (Wildman–Crippen MR) is 77.9 cm³/mol. The molecule has 1 atom stereocenters. The fraction of sp³-hybridized carbons (Fsp3) is 0.562. The van der Waals surface area contributed by atoms with Crippen molar-refractivity contribution in [2.45, 2.75) is 25.6 Å². The van der Waals surface area contributed by atoms with Crippen LogP contribution in [0.15, 0.2) is 18.2 Å². The van der Waals surface area contributed by atoms with E-state index in [0.29, 0.717) is 32.2 Å². The van der Waals surface area contributed by atoms with E-state index >= 15 is 0 Å². The molecule has 0 bridgehead atoms. The maximum atomic E-state index is 14.0. The summed E-state index contributed by atoms with van der Waals surface area (Å²) >= 11 is 0. The maximum Gasteiger partial charge on any atom is 0.416 e. The van der Waals surface area contributed by atoms with Crippen molar-refractivity contribution in [2.75, 3.05) is 26.2 Å². The lowest BCUT2D eigenvalue weighted by atomic mass is 9.86. The normalized spacial score (nSPS) is 24.9. The first-order valence-corrected chi connectivity index (χ1v) is 7.74. The Bertz CT molecular complexity index is 649. The van der Waals surface area contributed by atoms with E-state index in [2.05, 4.69) is 0 Å². The average Bonchev–Trinajstić information content (AvgIpc) is 3.08. The van der Waals surface area contributed by atoms with Crippen molar-refractivity contribution in [3.63, 3.8) is 0 Å². The lowest BCUT2D eigenvalue weighted by molar-refractivity contribution is -0.137. The van der Waals surface area contributed by atoms with Crippen LogP contribution >= 0.6 is 0 Å². The topological polar surface area (TPSA) is 43.8 Å². The Hall–Kier alpha value is -1.83. The zero-order valence-corrected chi connectivity index (χ0v) is 12.9. The van der Waals surface area contributed by atoms with E-state index < -0.39 is 23.7 Å². The second-order valence-electron chi connectivity index (χ2n) is 6.72. The Labute approximate surface area is 136 Å². The Balaban J connectivity index is 1.65. The molecule has 1 aromatic carbocycles. The molecule has 4 nitrogen and oxygen atoms in total. The molecule has 0 aliphatic carbocycles. The fourth-order valence-corrected chi connectivity index (χ4v) is 3.69. The van der Waals surface area contributed by atoms with E-state index in [0.717, 1.165) is 18.9 Å².